The lowest BCUT2D eigenvalue weighted by Crippen LogP contribution is -2.46. The van der Waals surface area contributed by atoms with Gasteiger partial charge in [0.15, 0.2) is 5.78 Å². The van der Waals surface area contributed by atoms with E-state index in [-0.39, 0.29) is 11.8 Å². The molecule has 1 fully saturated rings. The molecular formula is C25H30N4O. The summed E-state index contributed by atoms with van der Waals surface area (Å²) in [6.07, 6.45) is 6.89. The lowest BCUT2D eigenvalue weighted by Gasteiger charge is -2.35. The van der Waals surface area contributed by atoms with Gasteiger partial charge in [-0.3, -0.25) is 14.8 Å². The summed E-state index contributed by atoms with van der Waals surface area (Å²) in [6.45, 7) is 9.67. The average molecular weight is 403 g/mol. The lowest BCUT2D eigenvalue weighted by molar-refractivity contribution is -0.119. The molecule has 0 radical (unpaired) electrons. The van der Waals surface area contributed by atoms with E-state index < -0.39 is 0 Å². The van der Waals surface area contributed by atoms with Crippen molar-refractivity contribution >= 4 is 17.2 Å². The lowest BCUT2D eigenvalue weighted by atomic mass is 9.99. The van der Waals surface area contributed by atoms with Crippen molar-refractivity contribution < 1.29 is 4.79 Å². The summed E-state index contributed by atoms with van der Waals surface area (Å²) in [5.74, 6) is 0.164. The number of likely N-dealkylation sites (N-methyl/N-ethyl adjacent to an activating group) is 1. The van der Waals surface area contributed by atoms with Gasteiger partial charge in [0.05, 0.1) is 5.69 Å². The number of anilines is 1. The molecule has 3 heterocycles. The third-order valence-corrected chi connectivity index (χ3v) is 6.00. The molecule has 5 heteroatoms. The van der Waals surface area contributed by atoms with Crippen molar-refractivity contribution in [3.8, 4) is 11.3 Å². The third kappa shape index (κ3) is 4.85. The Hall–Kier alpha value is -2.79. The minimum absolute atomic E-state index is 0.164. The Balaban J connectivity index is 1.42. The second-order valence-electron chi connectivity index (χ2n) is 8.08. The Morgan fingerprint density at radius 1 is 1.10 bits per heavy atom. The molecule has 2 aliphatic rings. The summed E-state index contributed by atoms with van der Waals surface area (Å²) in [4.78, 5) is 26.6. The number of pyridine rings is 1. The normalized spacial score (nSPS) is 19.6. The summed E-state index contributed by atoms with van der Waals surface area (Å²) in [5.41, 5.74) is 5.17. The molecule has 0 aliphatic carbocycles. The van der Waals surface area contributed by atoms with Crippen molar-refractivity contribution in [2.24, 2.45) is 4.99 Å². The van der Waals surface area contributed by atoms with E-state index in [0.29, 0.717) is 12.8 Å². The SMILES string of the molecule is CCN1CCN(c2ccc(-c3cc(CC(=O)C4CC=CC(C)=N4)ccn3)cc2)CC1. The zero-order valence-electron chi connectivity index (χ0n) is 17.9. The van der Waals surface area contributed by atoms with E-state index >= 15 is 0 Å². The maximum atomic E-state index is 12.7. The van der Waals surface area contributed by atoms with E-state index in [2.05, 4.69) is 51.0 Å². The maximum absolute atomic E-state index is 12.7. The number of dihydropyridines is 1. The van der Waals surface area contributed by atoms with Crippen LogP contribution in [-0.2, 0) is 11.2 Å². The molecule has 4 rings (SSSR count). The number of piperazine rings is 1. The van der Waals surface area contributed by atoms with Gasteiger partial charge in [0.2, 0.25) is 0 Å². The minimum atomic E-state index is -0.251. The zero-order chi connectivity index (χ0) is 20.9. The molecule has 0 spiro atoms. The van der Waals surface area contributed by atoms with Crippen molar-refractivity contribution in [3.63, 3.8) is 0 Å². The molecule has 2 aliphatic heterocycles. The molecule has 0 N–H and O–H groups in total. The Labute approximate surface area is 179 Å². The molecule has 1 aromatic heterocycles. The van der Waals surface area contributed by atoms with E-state index in [1.54, 1.807) is 6.20 Å². The first-order valence-corrected chi connectivity index (χ1v) is 10.9. The van der Waals surface area contributed by atoms with Crippen LogP contribution in [0.25, 0.3) is 11.3 Å². The largest absolute Gasteiger partial charge is 0.369 e. The molecule has 1 unspecified atom stereocenters. The van der Waals surface area contributed by atoms with Gasteiger partial charge in [0.1, 0.15) is 6.04 Å². The number of nitrogens with zero attached hydrogens (tertiary/aromatic N) is 4. The van der Waals surface area contributed by atoms with Gasteiger partial charge < -0.3 is 9.80 Å². The highest BCUT2D eigenvalue weighted by molar-refractivity contribution is 5.97. The summed E-state index contributed by atoms with van der Waals surface area (Å²) in [6, 6.07) is 12.3. The maximum Gasteiger partial charge on any atom is 0.161 e. The van der Waals surface area contributed by atoms with Crippen LogP contribution in [0.2, 0.25) is 0 Å². The molecule has 1 saturated heterocycles. The van der Waals surface area contributed by atoms with Gasteiger partial charge in [-0.25, -0.2) is 0 Å². The number of hydrogen-bond acceptors (Lipinski definition) is 5. The van der Waals surface area contributed by atoms with Crippen LogP contribution in [0.4, 0.5) is 5.69 Å². The minimum Gasteiger partial charge on any atom is -0.369 e. The first kappa shape index (κ1) is 20.5. The molecule has 1 atom stereocenters. The van der Waals surface area contributed by atoms with Crippen molar-refractivity contribution in [1.82, 2.24) is 9.88 Å². The number of allylic oxidation sites excluding steroid dienone is 1. The molecule has 0 saturated carbocycles. The van der Waals surface area contributed by atoms with Crippen LogP contribution in [0.3, 0.4) is 0 Å². The van der Waals surface area contributed by atoms with Crippen LogP contribution in [0.1, 0.15) is 25.8 Å². The van der Waals surface area contributed by atoms with Crippen molar-refractivity contribution in [3.05, 3.63) is 60.3 Å². The van der Waals surface area contributed by atoms with Crippen LogP contribution >= 0.6 is 0 Å². The van der Waals surface area contributed by atoms with Crippen LogP contribution < -0.4 is 4.90 Å². The Morgan fingerprint density at radius 3 is 2.57 bits per heavy atom. The van der Waals surface area contributed by atoms with E-state index in [4.69, 9.17) is 0 Å². The molecule has 0 amide bonds. The topological polar surface area (TPSA) is 48.8 Å². The quantitative estimate of drug-likeness (QED) is 0.738. The van der Waals surface area contributed by atoms with Gasteiger partial charge in [-0.15, -0.1) is 0 Å². The van der Waals surface area contributed by atoms with E-state index in [1.165, 1.54) is 5.69 Å². The zero-order valence-corrected chi connectivity index (χ0v) is 17.9. The van der Waals surface area contributed by atoms with Gasteiger partial charge in [0.25, 0.3) is 0 Å². The molecule has 5 nitrogen and oxygen atoms in total. The summed E-state index contributed by atoms with van der Waals surface area (Å²) in [7, 11) is 0. The number of aliphatic imine (C=N–C) groups is 1. The summed E-state index contributed by atoms with van der Waals surface area (Å²) in [5, 5.41) is 0. The number of benzene rings is 1. The Kier molecular flexibility index (Phi) is 6.38. The highest BCUT2D eigenvalue weighted by atomic mass is 16.1. The molecule has 156 valence electrons. The van der Waals surface area contributed by atoms with Crippen LogP contribution in [0.15, 0.2) is 59.7 Å². The fourth-order valence-corrected chi connectivity index (χ4v) is 4.14. The van der Waals surface area contributed by atoms with Crippen molar-refractivity contribution in [2.75, 3.05) is 37.6 Å². The van der Waals surface area contributed by atoms with Gasteiger partial charge in [0, 0.05) is 55.8 Å². The smallest absolute Gasteiger partial charge is 0.161 e. The van der Waals surface area contributed by atoms with Gasteiger partial charge in [-0.2, -0.15) is 0 Å². The Bertz CT molecular complexity index is 940. The van der Waals surface area contributed by atoms with Crippen molar-refractivity contribution in [1.29, 1.82) is 0 Å². The van der Waals surface area contributed by atoms with Crippen LogP contribution in [-0.4, -0.2) is 60.1 Å². The monoisotopic (exact) mass is 402 g/mol. The van der Waals surface area contributed by atoms with Crippen molar-refractivity contribution in [2.45, 2.75) is 32.7 Å². The molecule has 30 heavy (non-hydrogen) atoms. The fourth-order valence-electron chi connectivity index (χ4n) is 4.14. The number of aromatic nitrogens is 1. The standard InChI is InChI=1S/C25H30N4O/c1-3-28-13-15-29(16-14-28)22-9-7-21(8-10-22)24-17-20(11-12-26-24)18-25(30)23-6-4-5-19(2)27-23/h4-5,7-12,17,23H,3,6,13-16,18H2,1-2H3. The van der Waals surface area contributed by atoms with Gasteiger partial charge in [-0.1, -0.05) is 25.1 Å². The fraction of sp³-hybridized carbons (Fsp3) is 0.400. The summed E-state index contributed by atoms with van der Waals surface area (Å²) >= 11 is 0. The third-order valence-electron chi connectivity index (χ3n) is 6.00. The number of rotatable bonds is 6. The first-order chi connectivity index (χ1) is 14.6. The number of hydrogen-bond donors (Lipinski definition) is 0. The number of ketones is 1. The van der Waals surface area contributed by atoms with E-state index in [9.17, 15) is 4.79 Å². The highest BCUT2D eigenvalue weighted by Gasteiger charge is 2.19. The molecule has 2 aromatic rings. The summed E-state index contributed by atoms with van der Waals surface area (Å²) < 4.78 is 0. The van der Waals surface area contributed by atoms with E-state index in [1.807, 2.05) is 31.2 Å². The predicted molar refractivity (Wildman–Crippen MR) is 123 cm³/mol. The first-order valence-electron chi connectivity index (χ1n) is 10.9. The number of carbonyl (C=O) groups is 1. The van der Waals surface area contributed by atoms with E-state index in [0.717, 1.165) is 55.3 Å². The molecular weight excluding hydrogens is 372 g/mol. The predicted octanol–water partition coefficient (Wildman–Crippen LogP) is 3.79. The molecule has 0 bridgehead atoms. The Morgan fingerprint density at radius 2 is 1.87 bits per heavy atom. The highest BCUT2D eigenvalue weighted by Crippen LogP contribution is 2.24. The number of Topliss-reactive ketones (excluding diaryl/α,β-unsaturated/α-hetero) is 1. The molecule has 1 aromatic carbocycles. The van der Waals surface area contributed by atoms with Crippen LogP contribution in [0.5, 0.6) is 0 Å². The van der Waals surface area contributed by atoms with Crippen LogP contribution in [0, 0.1) is 0 Å². The number of carbonyl (C=O) groups excluding carboxylic acids is 1. The van der Waals surface area contributed by atoms with Gasteiger partial charge in [-0.05, 0) is 55.8 Å². The second-order valence-corrected chi connectivity index (χ2v) is 8.08. The average Bonchev–Trinajstić information content (AvgIpc) is 2.79. The van der Waals surface area contributed by atoms with Gasteiger partial charge >= 0.3 is 0 Å². The second kappa shape index (κ2) is 9.35.